The molecule has 0 aliphatic rings. The largest absolute Gasteiger partial charge is 0.136 e. The minimum Gasteiger partial charge on any atom is -0.136 e. The smallest absolute Gasteiger partial charge is 0.0349 e. The monoisotopic (exact) mass is 276 g/mol. The Bertz CT molecular complexity index is 703. The topological polar surface area (TPSA) is 0 Å². The highest BCUT2D eigenvalue weighted by Gasteiger charge is 1.99. The first-order valence-corrected chi connectivity index (χ1v) is 7.53. The molecule has 0 nitrogen and oxygen atoms in total. The van der Waals surface area contributed by atoms with Crippen LogP contribution >= 0.6 is 11.3 Å². The molecule has 0 unspecified atom stereocenters. The molecule has 2 aromatic carbocycles. The molecule has 0 aliphatic heterocycles. The van der Waals surface area contributed by atoms with Crippen molar-refractivity contribution in [1.29, 1.82) is 0 Å². The fourth-order valence-corrected chi connectivity index (χ4v) is 2.97. The van der Waals surface area contributed by atoms with E-state index in [0.29, 0.717) is 0 Å². The fourth-order valence-electron chi connectivity index (χ4n) is 2.06. The van der Waals surface area contributed by atoms with Crippen LogP contribution in [-0.4, -0.2) is 0 Å². The van der Waals surface area contributed by atoms with Gasteiger partial charge in [-0.05, 0) is 36.3 Å². The van der Waals surface area contributed by atoms with Crippen LogP contribution in [0.2, 0.25) is 0 Å². The Labute approximate surface area is 124 Å². The molecule has 20 heavy (non-hydrogen) atoms. The molecule has 0 N–H and O–H groups in total. The number of rotatable bonds is 3. The van der Waals surface area contributed by atoms with Gasteiger partial charge in [-0.15, -0.1) is 11.3 Å². The van der Waals surface area contributed by atoms with Gasteiger partial charge in [0.2, 0.25) is 0 Å². The van der Waals surface area contributed by atoms with Crippen molar-refractivity contribution in [2.75, 3.05) is 0 Å². The molecule has 1 heterocycles. The lowest BCUT2D eigenvalue weighted by atomic mass is 10.1. The Kier molecular flexibility index (Phi) is 3.80. The van der Waals surface area contributed by atoms with Crippen LogP contribution in [0.4, 0.5) is 0 Å². The third kappa shape index (κ3) is 3.06. The van der Waals surface area contributed by atoms with Crippen molar-refractivity contribution in [2.45, 2.75) is 6.92 Å². The van der Waals surface area contributed by atoms with Crippen molar-refractivity contribution >= 4 is 23.5 Å². The standard InChI is InChI=1S/C19H16S/c1-15-7-9-16(10-8-15)11-12-18-13-14-19(20-18)17-5-3-2-4-6-17/h2-14H,1H3. The normalized spacial score (nSPS) is 11.1. The summed E-state index contributed by atoms with van der Waals surface area (Å²) in [5.41, 5.74) is 3.82. The number of aryl methyl sites for hydroxylation is 1. The van der Waals surface area contributed by atoms with E-state index in [1.165, 1.54) is 26.4 Å². The minimum atomic E-state index is 1.24. The van der Waals surface area contributed by atoms with Crippen molar-refractivity contribution in [3.05, 3.63) is 82.7 Å². The van der Waals surface area contributed by atoms with Crippen LogP contribution in [-0.2, 0) is 0 Å². The summed E-state index contributed by atoms with van der Waals surface area (Å²) in [4.78, 5) is 2.60. The second-order valence-corrected chi connectivity index (χ2v) is 5.93. The van der Waals surface area contributed by atoms with Gasteiger partial charge in [0.15, 0.2) is 0 Å². The van der Waals surface area contributed by atoms with Crippen LogP contribution < -0.4 is 0 Å². The van der Waals surface area contributed by atoms with E-state index in [1.807, 2.05) is 11.3 Å². The summed E-state index contributed by atoms with van der Waals surface area (Å²) in [5, 5.41) is 0. The van der Waals surface area contributed by atoms with Gasteiger partial charge in [0.05, 0.1) is 0 Å². The zero-order valence-electron chi connectivity index (χ0n) is 11.4. The van der Waals surface area contributed by atoms with E-state index < -0.39 is 0 Å². The predicted molar refractivity (Wildman–Crippen MR) is 89.9 cm³/mol. The van der Waals surface area contributed by atoms with E-state index in [9.17, 15) is 0 Å². The molecule has 0 aliphatic carbocycles. The summed E-state index contributed by atoms with van der Waals surface area (Å²) in [6.07, 6.45) is 4.35. The van der Waals surface area contributed by atoms with E-state index in [4.69, 9.17) is 0 Å². The SMILES string of the molecule is Cc1ccc(C=Cc2ccc(-c3ccccc3)s2)cc1. The van der Waals surface area contributed by atoms with Crippen LogP contribution in [0.3, 0.4) is 0 Å². The third-order valence-corrected chi connectivity index (χ3v) is 4.30. The lowest BCUT2D eigenvalue weighted by Crippen LogP contribution is -1.72. The molecule has 0 saturated heterocycles. The summed E-state index contributed by atoms with van der Waals surface area (Å²) in [7, 11) is 0. The molecule has 0 atom stereocenters. The van der Waals surface area contributed by atoms with Gasteiger partial charge in [-0.1, -0.05) is 66.2 Å². The summed E-state index contributed by atoms with van der Waals surface area (Å²) < 4.78 is 0. The van der Waals surface area contributed by atoms with Crippen molar-refractivity contribution < 1.29 is 0 Å². The first-order chi connectivity index (χ1) is 9.81. The van der Waals surface area contributed by atoms with E-state index in [-0.39, 0.29) is 0 Å². The van der Waals surface area contributed by atoms with Crippen LogP contribution in [0, 0.1) is 6.92 Å². The maximum atomic E-state index is 2.19. The highest BCUT2D eigenvalue weighted by Crippen LogP contribution is 2.28. The zero-order chi connectivity index (χ0) is 13.8. The first-order valence-electron chi connectivity index (χ1n) is 6.71. The van der Waals surface area contributed by atoms with Crippen molar-refractivity contribution in [2.24, 2.45) is 0 Å². The predicted octanol–water partition coefficient (Wildman–Crippen LogP) is 5.89. The highest BCUT2D eigenvalue weighted by molar-refractivity contribution is 7.16. The number of hydrogen-bond acceptors (Lipinski definition) is 1. The second-order valence-electron chi connectivity index (χ2n) is 4.81. The van der Waals surface area contributed by atoms with Crippen molar-refractivity contribution in [3.8, 4) is 10.4 Å². The lowest BCUT2D eigenvalue weighted by Gasteiger charge is -1.95. The average Bonchev–Trinajstić information content (AvgIpc) is 2.97. The molecular weight excluding hydrogens is 260 g/mol. The van der Waals surface area contributed by atoms with E-state index >= 15 is 0 Å². The summed E-state index contributed by atoms with van der Waals surface area (Å²) in [6, 6.07) is 23.5. The average molecular weight is 276 g/mol. The number of benzene rings is 2. The molecular formula is C19H16S. The quantitative estimate of drug-likeness (QED) is 0.559. The Morgan fingerprint density at radius 2 is 1.50 bits per heavy atom. The molecule has 0 spiro atoms. The Hall–Kier alpha value is -2.12. The Balaban J connectivity index is 1.79. The zero-order valence-corrected chi connectivity index (χ0v) is 12.2. The van der Waals surface area contributed by atoms with Crippen LogP contribution in [0.1, 0.15) is 16.0 Å². The Morgan fingerprint density at radius 1 is 0.750 bits per heavy atom. The molecule has 1 aromatic heterocycles. The number of thiophene rings is 1. The molecule has 98 valence electrons. The van der Waals surface area contributed by atoms with E-state index in [1.54, 1.807) is 0 Å². The maximum Gasteiger partial charge on any atom is 0.0349 e. The van der Waals surface area contributed by atoms with Gasteiger partial charge in [0.25, 0.3) is 0 Å². The summed E-state index contributed by atoms with van der Waals surface area (Å²) >= 11 is 1.82. The van der Waals surface area contributed by atoms with Crippen LogP contribution in [0.15, 0.2) is 66.7 Å². The molecule has 1 heteroatoms. The van der Waals surface area contributed by atoms with Gasteiger partial charge in [-0.2, -0.15) is 0 Å². The van der Waals surface area contributed by atoms with E-state index in [2.05, 4.69) is 85.8 Å². The van der Waals surface area contributed by atoms with Crippen molar-refractivity contribution in [3.63, 3.8) is 0 Å². The molecule has 0 radical (unpaired) electrons. The molecule has 3 aromatic rings. The number of hydrogen-bond donors (Lipinski definition) is 0. The minimum absolute atomic E-state index is 1.24. The van der Waals surface area contributed by atoms with Crippen molar-refractivity contribution in [1.82, 2.24) is 0 Å². The highest BCUT2D eigenvalue weighted by atomic mass is 32.1. The lowest BCUT2D eigenvalue weighted by molar-refractivity contribution is 1.46. The molecule has 0 amide bonds. The third-order valence-electron chi connectivity index (χ3n) is 3.20. The van der Waals surface area contributed by atoms with Gasteiger partial charge in [0, 0.05) is 9.75 Å². The van der Waals surface area contributed by atoms with Crippen LogP contribution in [0.25, 0.3) is 22.6 Å². The van der Waals surface area contributed by atoms with E-state index in [0.717, 1.165) is 0 Å². The second kappa shape index (κ2) is 5.89. The van der Waals surface area contributed by atoms with Crippen LogP contribution in [0.5, 0.6) is 0 Å². The maximum absolute atomic E-state index is 2.19. The van der Waals surface area contributed by atoms with Gasteiger partial charge in [-0.3, -0.25) is 0 Å². The van der Waals surface area contributed by atoms with Gasteiger partial charge >= 0.3 is 0 Å². The molecule has 0 bridgehead atoms. The van der Waals surface area contributed by atoms with Gasteiger partial charge in [-0.25, -0.2) is 0 Å². The molecule has 0 fully saturated rings. The summed E-state index contributed by atoms with van der Waals surface area (Å²) in [6.45, 7) is 2.11. The molecule has 0 saturated carbocycles. The first kappa shape index (κ1) is 12.9. The Morgan fingerprint density at radius 3 is 2.25 bits per heavy atom. The summed E-state index contributed by atoms with van der Waals surface area (Å²) in [5.74, 6) is 0. The molecule has 3 rings (SSSR count). The van der Waals surface area contributed by atoms with Gasteiger partial charge < -0.3 is 0 Å². The van der Waals surface area contributed by atoms with Gasteiger partial charge in [0.1, 0.15) is 0 Å². The fraction of sp³-hybridized carbons (Fsp3) is 0.0526.